The van der Waals surface area contributed by atoms with Crippen molar-refractivity contribution in [3.05, 3.63) is 64.4 Å². The van der Waals surface area contributed by atoms with Crippen molar-refractivity contribution in [3.63, 3.8) is 0 Å². The Morgan fingerprint density at radius 3 is 2.52 bits per heavy atom. The van der Waals surface area contributed by atoms with Crippen molar-refractivity contribution in [2.75, 3.05) is 0 Å². The second-order valence-corrected chi connectivity index (χ2v) is 6.31. The first-order valence-electron chi connectivity index (χ1n) is 7.00. The van der Waals surface area contributed by atoms with Crippen LogP contribution >= 0.6 is 11.3 Å². The summed E-state index contributed by atoms with van der Waals surface area (Å²) in [7, 11) is 0. The van der Waals surface area contributed by atoms with Crippen LogP contribution in [0, 0.1) is 5.92 Å². The van der Waals surface area contributed by atoms with E-state index in [2.05, 4.69) is 0 Å². The minimum atomic E-state index is -0.545. The van der Waals surface area contributed by atoms with Crippen LogP contribution in [-0.2, 0) is 9.59 Å². The van der Waals surface area contributed by atoms with Crippen LogP contribution in [0.25, 0.3) is 5.57 Å². The number of thiophene rings is 1. The number of ketones is 2. The Hall–Kier alpha value is -2.00. The molecule has 1 aromatic heterocycles. The van der Waals surface area contributed by atoms with Crippen LogP contribution in [0.3, 0.4) is 0 Å². The van der Waals surface area contributed by atoms with Gasteiger partial charge in [0, 0.05) is 10.8 Å². The van der Waals surface area contributed by atoms with E-state index in [1.165, 1.54) is 6.92 Å². The lowest BCUT2D eigenvalue weighted by Crippen LogP contribution is -2.31. The van der Waals surface area contributed by atoms with Gasteiger partial charge in [0.15, 0.2) is 5.78 Å². The van der Waals surface area contributed by atoms with E-state index in [-0.39, 0.29) is 17.5 Å². The summed E-state index contributed by atoms with van der Waals surface area (Å²) in [6, 6.07) is 13.9. The maximum atomic E-state index is 12.4. The lowest BCUT2D eigenvalue weighted by atomic mass is 9.73. The van der Waals surface area contributed by atoms with Crippen LogP contribution in [0.2, 0.25) is 0 Å². The SMILES string of the molecule is CC(=O)[C@H]1C(=O)C=C(c2cccs2)C[C@H]1c1ccccc1. The quantitative estimate of drug-likeness (QED) is 0.799. The Bertz CT molecular complexity index is 683. The summed E-state index contributed by atoms with van der Waals surface area (Å²) in [6.45, 7) is 1.52. The zero-order chi connectivity index (χ0) is 14.8. The second kappa shape index (κ2) is 5.78. The lowest BCUT2D eigenvalue weighted by molar-refractivity contribution is -0.130. The molecular formula is C18H16O2S. The molecule has 1 aliphatic rings. The summed E-state index contributed by atoms with van der Waals surface area (Å²) in [5, 5.41) is 2.01. The van der Waals surface area contributed by atoms with Gasteiger partial charge >= 0.3 is 0 Å². The molecule has 2 nitrogen and oxygen atoms in total. The van der Waals surface area contributed by atoms with Crippen molar-refractivity contribution in [2.45, 2.75) is 19.3 Å². The van der Waals surface area contributed by atoms with Gasteiger partial charge in [0.25, 0.3) is 0 Å². The molecule has 0 fully saturated rings. The highest BCUT2D eigenvalue weighted by molar-refractivity contribution is 7.11. The first-order valence-corrected chi connectivity index (χ1v) is 7.88. The van der Waals surface area contributed by atoms with Crippen LogP contribution in [0.5, 0.6) is 0 Å². The van der Waals surface area contributed by atoms with Crippen LogP contribution in [0.15, 0.2) is 53.9 Å². The first kappa shape index (κ1) is 14.0. The molecule has 106 valence electrons. The average molecular weight is 296 g/mol. The Morgan fingerprint density at radius 1 is 1.14 bits per heavy atom. The fourth-order valence-corrected chi connectivity index (χ4v) is 3.76. The number of carbonyl (C=O) groups is 2. The molecule has 0 bridgehead atoms. The maximum absolute atomic E-state index is 12.4. The summed E-state index contributed by atoms with van der Waals surface area (Å²) in [6.07, 6.45) is 2.40. The summed E-state index contributed by atoms with van der Waals surface area (Å²) in [5.74, 6) is -0.712. The molecule has 1 aliphatic carbocycles. The van der Waals surface area contributed by atoms with Gasteiger partial charge in [-0.25, -0.2) is 0 Å². The molecule has 2 atom stereocenters. The maximum Gasteiger partial charge on any atom is 0.167 e. The first-order chi connectivity index (χ1) is 10.2. The van der Waals surface area contributed by atoms with Crippen LogP contribution in [-0.4, -0.2) is 11.6 Å². The minimum absolute atomic E-state index is 0.0460. The van der Waals surface area contributed by atoms with E-state index >= 15 is 0 Å². The number of hydrogen-bond donors (Lipinski definition) is 0. The molecule has 0 unspecified atom stereocenters. The summed E-state index contributed by atoms with van der Waals surface area (Å²) >= 11 is 1.63. The van der Waals surface area contributed by atoms with Crippen molar-refractivity contribution >= 4 is 28.5 Å². The monoisotopic (exact) mass is 296 g/mol. The normalized spacial score (nSPS) is 22.0. The highest BCUT2D eigenvalue weighted by Crippen LogP contribution is 2.40. The smallest absolute Gasteiger partial charge is 0.167 e. The molecule has 0 radical (unpaired) electrons. The Morgan fingerprint density at radius 2 is 1.90 bits per heavy atom. The third kappa shape index (κ3) is 2.74. The van der Waals surface area contributed by atoms with Gasteiger partial charge < -0.3 is 0 Å². The van der Waals surface area contributed by atoms with Gasteiger partial charge in [0.2, 0.25) is 0 Å². The molecule has 0 spiro atoms. The second-order valence-electron chi connectivity index (χ2n) is 5.36. The van der Waals surface area contributed by atoms with Gasteiger partial charge in [0.05, 0.1) is 5.92 Å². The predicted molar refractivity (Wildman–Crippen MR) is 85.3 cm³/mol. The fraction of sp³-hybridized carbons (Fsp3) is 0.222. The predicted octanol–water partition coefficient (Wildman–Crippen LogP) is 4.09. The molecule has 0 amide bonds. The van der Waals surface area contributed by atoms with Crippen molar-refractivity contribution in [1.82, 2.24) is 0 Å². The van der Waals surface area contributed by atoms with E-state index in [1.807, 2.05) is 47.8 Å². The van der Waals surface area contributed by atoms with E-state index in [9.17, 15) is 9.59 Å². The van der Waals surface area contributed by atoms with Gasteiger partial charge in [-0.2, -0.15) is 0 Å². The summed E-state index contributed by atoms with van der Waals surface area (Å²) in [5.41, 5.74) is 2.11. The lowest BCUT2D eigenvalue weighted by Gasteiger charge is -2.29. The molecule has 3 rings (SSSR count). The Balaban J connectivity index is 2.03. The van der Waals surface area contributed by atoms with E-state index in [0.29, 0.717) is 0 Å². The fourth-order valence-electron chi connectivity index (χ4n) is 3.00. The topological polar surface area (TPSA) is 34.1 Å². The van der Waals surface area contributed by atoms with Crippen LogP contribution < -0.4 is 0 Å². The minimum Gasteiger partial charge on any atom is -0.299 e. The molecule has 0 saturated carbocycles. The zero-order valence-corrected chi connectivity index (χ0v) is 12.6. The van der Waals surface area contributed by atoms with Gasteiger partial charge in [0.1, 0.15) is 5.78 Å². The van der Waals surface area contributed by atoms with Crippen LogP contribution in [0.1, 0.15) is 29.7 Å². The van der Waals surface area contributed by atoms with Gasteiger partial charge in [-0.05, 0) is 42.0 Å². The average Bonchev–Trinajstić information content (AvgIpc) is 3.01. The van der Waals surface area contributed by atoms with Crippen molar-refractivity contribution in [3.8, 4) is 0 Å². The number of Topliss-reactive ketones (excluding diaryl/α,β-unsaturated/α-hetero) is 1. The van der Waals surface area contributed by atoms with Gasteiger partial charge in [-0.15, -0.1) is 11.3 Å². The molecule has 0 aliphatic heterocycles. The van der Waals surface area contributed by atoms with Gasteiger partial charge in [-0.1, -0.05) is 36.4 Å². The number of rotatable bonds is 3. The highest BCUT2D eigenvalue weighted by atomic mass is 32.1. The van der Waals surface area contributed by atoms with Crippen molar-refractivity contribution in [1.29, 1.82) is 0 Å². The molecule has 21 heavy (non-hydrogen) atoms. The van der Waals surface area contributed by atoms with Crippen molar-refractivity contribution < 1.29 is 9.59 Å². The molecule has 0 saturated heterocycles. The molecule has 0 N–H and O–H groups in total. The third-order valence-electron chi connectivity index (χ3n) is 3.97. The van der Waals surface area contributed by atoms with Crippen LogP contribution in [0.4, 0.5) is 0 Å². The van der Waals surface area contributed by atoms with E-state index in [1.54, 1.807) is 17.4 Å². The number of benzene rings is 1. The van der Waals surface area contributed by atoms with Gasteiger partial charge in [-0.3, -0.25) is 9.59 Å². The van der Waals surface area contributed by atoms with Crippen molar-refractivity contribution in [2.24, 2.45) is 5.92 Å². The molecular weight excluding hydrogens is 280 g/mol. The van der Waals surface area contributed by atoms with E-state index < -0.39 is 5.92 Å². The van der Waals surface area contributed by atoms with E-state index in [4.69, 9.17) is 0 Å². The number of carbonyl (C=O) groups excluding carboxylic acids is 2. The Kier molecular flexibility index (Phi) is 3.84. The molecule has 3 heteroatoms. The molecule has 1 heterocycles. The van der Waals surface area contributed by atoms with E-state index in [0.717, 1.165) is 22.4 Å². The number of allylic oxidation sites excluding steroid dienone is 2. The zero-order valence-electron chi connectivity index (χ0n) is 11.8. The summed E-state index contributed by atoms with van der Waals surface area (Å²) in [4.78, 5) is 25.5. The highest BCUT2D eigenvalue weighted by Gasteiger charge is 2.36. The third-order valence-corrected chi connectivity index (χ3v) is 4.91. The standard InChI is InChI=1S/C18H16O2S/c1-12(19)18-15(13-6-3-2-4-7-13)10-14(11-16(18)20)17-8-5-9-21-17/h2-9,11,15,18H,10H2,1H3/t15-,18+/m0/s1. The summed E-state index contributed by atoms with van der Waals surface area (Å²) < 4.78 is 0. The largest absolute Gasteiger partial charge is 0.299 e. The number of hydrogen-bond acceptors (Lipinski definition) is 3. The molecule has 2 aromatic rings. The Labute approximate surface area is 128 Å². The molecule has 1 aromatic carbocycles.